The van der Waals surface area contributed by atoms with Gasteiger partial charge in [-0.3, -0.25) is 9.78 Å². The number of nitrogen functional groups attached to an aromatic ring is 1. The van der Waals surface area contributed by atoms with Crippen LogP contribution in [0.1, 0.15) is 15.9 Å². The number of halogens is 3. The highest BCUT2D eigenvalue weighted by molar-refractivity contribution is 7.90. The van der Waals surface area contributed by atoms with E-state index in [1.165, 1.54) is 30.6 Å². The van der Waals surface area contributed by atoms with Crippen molar-refractivity contribution in [1.82, 2.24) is 4.98 Å². The van der Waals surface area contributed by atoms with Gasteiger partial charge in [0, 0.05) is 28.9 Å². The number of sulfone groups is 1. The van der Waals surface area contributed by atoms with Gasteiger partial charge in [-0.2, -0.15) is 13.2 Å². The number of aromatic nitrogens is 1. The average molecular weight is 409 g/mol. The monoisotopic (exact) mass is 409 g/mol. The van der Waals surface area contributed by atoms with E-state index in [9.17, 15) is 26.4 Å². The Hall–Kier alpha value is -3.14. The third-order valence-corrected chi connectivity index (χ3v) is 5.14. The summed E-state index contributed by atoms with van der Waals surface area (Å²) in [6.07, 6.45) is -0.850. The second-order valence-electron chi connectivity index (χ2n) is 6.10. The molecule has 0 bridgehead atoms. The molecule has 2 aromatic carbocycles. The van der Waals surface area contributed by atoms with Gasteiger partial charge in [-0.25, -0.2) is 8.42 Å². The Labute approximate surface area is 158 Å². The predicted octanol–water partition coefficient (Wildman–Crippen LogP) is 3.49. The highest BCUT2D eigenvalue weighted by Crippen LogP contribution is 2.32. The van der Waals surface area contributed by atoms with E-state index in [2.05, 4.69) is 10.3 Å². The van der Waals surface area contributed by atoms with Crippen LogP contribution >= 0.6 is 0 Å². The first-order chi connectivity index (χ1) is 13.0. The maximum absolute atomic E-state index is 12.9. The van der Waals surface area contributed by atoms with Gasteiger partial charge >= 0.3 is 6.18 Å². The van der Waals surface area contributed by atoms with Gasteiger partial charge in [0.15, 0.2) is 9.84 Å². The number of nitrogens with two attached hydrogens (primary N) is 1. The van der Waals surface area contributed by atoms with E-state index in [1.807, 2.05) is 0 Å². The third-order valence-electron chi connectivity index (χ3n) is 4.03. The predicted molar refractivity (Wildman–Crippen MR) is 98.7 cm³/mol. The van der Waals surface area contributed by atoms with E-state index < -0.39 is 27.5 Å². The molecule has 3 aromatic rings. The average Bonchev–Trinajstić information content (AvgIpc) is 2.60. The maximum atomic E-state index is 12.9. The summed E-state index contributed by atoms with van der Waals surface area (Å²) in [5.41, 5.74) is 4.30. The van der Waals surface area contributed by atoms with Crippen LogP contribution in [0, 0.1) is 0 Å². The number of carbonyl (C=O) groups is 1. The second-order valence-corrected chi connectivity index (χ2v) is 8.11. The largest absolute Gasteiger partial charge is 0.416 e. The van der Waals surface area contributed by atoms with Crippen molar-refractivity contribution in [1.29, 1.82) is 0 Å². The van der Waals surface area contributed by atoms with Gasteiger partial charge in [0.25, 0.3) is 5.91 Å². The number of alkyl halides is 3. The number of carbonyl (C=O) groups excluding carboxylic acids is 1. The molecule has 0 aliphatic carbocycles. The SMILES string of the molecule is CS(=O)(=O)c1ccc2cncc(NC(=O)c3cc(C(F)(F)F)ccc3N)c2c1. The molecule has 0 unspecified atom stereocenters. The highest BCUT2D eigenvalue weighted by Gasteiger charge is 2.31. The molecule has 0 aliphatic heterocycles. The van der Waals surface area contributed by atoms with Gasteiger partial charge in [-0.05, 0) is 30.3 Å². The fraction of sp³-hybridized carbons (Fsp3) is 0.111. The first-order valence-electron chi connectivity index (χ1n) is 7.83. The van der Waals surface area contributed by atoms with Crippen LogP contribution in [0.5, 0.6) is 0 Å². The summed E-state index contributed by atoms with van der Waals surface area (Å²) in [6.45, 7) is 0. The Balaban J connectivity index is 2.05. The lowest BCUT2D eigenvalue weighted by atomic mass is 10.1. The number of nitrogens with one attached hydrogen (secondary N) is 1. The Morgan fingerprint density at radius 1 is 1.11 bits per heavy atom. The van der Waals surface area contributed by atoms with Crippen LogP contribution in [-0.4, -0.2) is 25.6 Å². The molecule has 3 rings (SSSR count). The molecular weight excluding hydrogens is 395 g/mol. The second kappa shape index (κ2) is 6.79. The van der Waals surface area contributed by atoms with Crippen LogP contribution in [0.15, 0.2) is 53.7 Å². The number of anilines is 2. The molecule has 1 aromatic heterocycles. The van der Waals surface area contributed by atoms with Crippen molar-refractivity contribution >= 4 is 37.9 Å². The van der Waals surface area contributed by atoms with Crippen molar-refractivity contribution in [3.8, 4) is 0 Å². The number of rotatable bonds is 3. The molecule has 28 heavy (non-hydrogen) atoms. The minimum absolute atomic E-state index is 0.0280. The normalized spacial score (nSPS) is 12.1. The summed E-state index contributed by atoms with van der Waals surface area (Å²) >= 11 is 0. The van der Waals surface area contributed by atoms with E-state index in [4.69, 9.17) is 5.73 Å². The number of hydrogen-bond donors (Lipinski definition) is 2. The molecule has 0 atom stereocenters. The molecule has 0 saturated heterocycles. The molecule has 0 aliphatic rings. The quantitative estimate of drug-likeness (QED) is 0.645. The fourth-order valence-corrected chi connectivity index (χ4v) is 3.24. The zero-order chi connectivity index (χ0) is 20.7. The lowest BCUT2D eigenvalue weighted by Gasteiger charge is -2.13. The first kappa shape index (κ1) is 19.6. The molecule has 0 saturated carbocycles. The lowest BCUT2D eigenvalue weighted by Crippen LogP contribution is -2.16. The Morgan fingerprint density at radius 3 is 2.46 bits per heavy atom. The number of nitrogens with zero attached hydrogens (tertiary/aromatic N) is 1. The Kier molecular flexibility index (Phi) is 4.76. The molecule has 1 heterocycles. The first-order valence-corrected chi connectivity index (χ1v) is 9.72. The van der Waals surface area contributed by atoms with Crippen LogP contribution in [0.3, 0.4) is 0 Å². The smallest absolute Gasteiger partial charge is 0.398 e. The molecule has 146 valence electrons. The topological polar surface area (TPSA) is 102 Å². The highest BCUT2D eigenvalue weighted by atomic mass is 32.2. The zero-order valence-corrected chi connectivity index (χ0v) is 15.2. The van der Waals surface area contributed by atoms with Crippen molar-refractivity contribution < 1.29 is 26.4 Å². The molecule has 10 heteroatoms. The van der Waals surface area contributed by atoms with Gasteiger partial charge in [0.2, 0.25) is 0 Å². The minimum atomic E-state index is -4.63. The molecule has 3 N–H and O–H groups in total. The van der Waals surface area contributed by atoms with E-state index >= 15 is 0 Å². The molecule has 1 amide bonds. The Morgan fingerprint density at radius 2 is 1.82 bits per heavy atom. The van der Waals surface area contributed by atoms with Crippen molar-refractivity contribution in [2.75, 3.05) is 17.3 Å². The van der Waals surface area contributed by atoms with E-state index in [1.54, 1.807) is 0 Å². The van der Waals surface area contributed by atoms with E-state index in [0.29, 0.717) is 16.8 Å². The number of hydrogen-bond acceptors (Lipinski definition) is 5. The summed E-state index contributed by atoms with van der Waals surface area (Å²) in [4.78, 5) is 16.5. The van der Waals surface area contributed by atoms with E-state index in [-0.39, 0.29) is 21.8 Å². The van der Waals surface area contributed by atoms with Gasteiger partial charge in [-0.15, -0.1) is 0 Å². The Bertz CT molecular complexity index is 1190. The summed E-state index contributed by atoms with van der Waals surface area (Å²) in [7, 11) is -3.50. The number of amides is 1. The third kappa shape index (κ3) is 3.91. The molecule has 6 nitrogen and oxygen atoms in total. The number of fused-ring (bicyclic) bond motifs is 1. The van der Waals surface area contributed by atoms with Crippen LogP contribution in [0.4, 0.5) is 24.5 Å². The van der Waals surface area contributed by atoms with Crippen LogP contribution in [-0.2, 0) is 16.0 Å². The maximum Gasteiger partial charge on any atom is 0.416 e. The summed E-state index contributed by atoms with van der Waals surface area (Å²) in [6, 6.07) is 6.72. The van der Waals surface area contributed by atoms with Crippen LogP contribution in [0.25, 0.3) is 10.8 Å². The zero-order valence-electron chi connectivity index (χ0n) is 14.4. The summed E-state index contributed by atoms with van der Waals surface area (Å²) in [5.74, 6) is -0.873. The van der Waals surface area contributed by atoms with Crippen molar-refractivity contribution in [3.63, 3.8) is 0 Å². The fourth-order valence-electron chi connectivity index (χ4n) is 2.59. The van der Waals surface area contributed by atoms with Gasteiger partial charge < -0.3 is 11.1 Å². The molecular formula is C18H14F3N3O3S. The van der Waals surface area contributed by atoms with Crippen LogP contribution < -0.4 is 11.1 Å². The van der Waals surface area contributed by atoms with Gasteiger partial charge in [0.1, 0.15) is 0 Å². The molecule has 0 spiro atoms. The lowest BCUT2D eigenvalue weighted by molar-refractivity contribution is -0.137. The summed E-state index contributed by atoms with van der Waals surface area (Å²) < 4.78 is 62.3. The van der Waals surface area contributed by atoms with Gasteiger partial charge in [-0.1, -0.05) is 6.07 Å². The molecule has 0 radical (unpaired) electrons. The standard InChI is InChI=1S/C18H14F3N3O3S/c1-28(26,27)12-4-2-10-8-23-9-16(13(10)7-12)24-17(25)14-6-11(18(19,20)21)3-5-15(14)22/h2-9H,22H2,1H3,(H,24,25). The van der Waals surface area contributed by atoms with Crippen molar-refractivity contribution in [3.05, 3.63) is 59.9 Å². The van der Waals surface area contributed by atoms with Gasteiger partial charge in [0.05, 0.1) is 27.9 Å². The van der Waals surface area contributed by atoms with Crippen molar-refractivity contribution in [2.45, 2.75) is 11.1 Å². The summed E-state index contributed by atoms with van der Waals surface area (Å²) in [5, 5.41) is 3.37. The van der Waals surface area contributed by atoms with Crippen LogP contribution in [0.2, 0.25) is 0 Å². The number of pyridine rings is 1. The van der Waals surface area contributed by atoms with Crippen molar-refractivity contribution in [2.24, 2.45) is 0 Å². The number of benzene rings is 2. The van der Waals surface area contributed by atoms with E-state index in [0.717, 1.165) is 18.4 Å². The molecule has 0 fully saturated rings. The minimum Gasteiger partial charge on any atom is -0.398 e.